The van der Waals surface area contributed by atoms with Gasteiger partial charge in [-0.3, -0.25) is 19.5 Å². The van der Waals surface area contributed by atoms with Gasteiger partial charge in [0.2, 0.25) is 0 Å². The normalized spacial score (nSPS) is 14.2. The van der Waals surface area contributed by atoms with Crippen molar-refractivity contribution in [2.75, 3.05) is 18.4 Å². The smallest absolute Gasteiger partial charge is 0.255 e. The quantitative estimate of drug-likeness (QED) is 0.564. The fourth-order valence-corrected chi connectivity index (χ4v) is 4.19. The van der Waals surface area contributed by atoms with Gasteiger partial charge in [-0.25, -0.2) is 0 Å². The monoisotopic (exact) mass is 429 g/mol. The number of carbonyl (C=O) groups excluding carboxylic acids is 2. The zero-order valence-corrected chi connectivity index (χ0v) is 19.1. The number of nitrogens with zero attached hydrogens (tertiary/aromatic N) is 2. The topological polar surface area (TPSA) is 62.3 Å². The van der Waals surface area contributed by atoms with E-state index in [-0.39, 0.29) is 17.6 Å². The number of aromatic nitrogens is 1. The van der Waals surface area contributed by atoms with Gasteiger partial charge in [-0.1, -0.05) is 32.0 Å². The van der Waals surface area contributed by atoms with Crippen molar-refractivity contribution in [2.24, 2.45) is 5.92 Å². The van der Waals surface area contributed by atoms with Crippen LogP contribution in [0.4, 0.5) is 5.69 Å². The summed E-state index contributed by atoms with van der Waals surface area (Å²) >= 11 is 0. The molecule has 2 heterocycles. The number of ketones is 1. The third-order valence-corrected chi connectivity index (χ3v) is 6.25. The van der Waals surface area contributed by atoms with Crippen LogP contribution in [0.5, 0.6) is 0 Å². The lowest BCUT2D eigenvalue weighted by atomic mass is 10.00. The number of amides is 1. The molecular formula is C27H31N3O2. The van der Waals surface area contributed by atoms with E-state index in [0.29, 0.717) is 12.0 Å². The maximum Gasteiger partial charge on any atom is 0.255 e. The number of fused-ring (bicyclic) bond motifs is 1. The molecule has 1 fully saturated rings. The lowest BCUT2D eigenvalue weighted by Gasteiger charge is -2.15. The van der Waals surface area contributed by atoms with E-state index in [1.807, 2.05) is 51.2 Å². The first kappa shape index (κ1) is 22.2. The average Bonchev–Trinajstić information content (AvgIpc) is 3.29. The van der Waals surface area contributed by atoms with Gasteiger partial charge >= 0.3 is 0 Å². The van der Waals surface area contributed by atoms with Gasteiger partial charge in [-0.15, -0.1) is 0 Å². The Morgan fingerprint density at radius 3 is 2.44 bits per heavy atom. The van der Waals surface area contributed by atoms with Gasteiger partial charge in [0.15, 0.2) is 0 Å². The van der Waals surface area contributed by atoms with Gasteiger partial charge in [0, 0.05) is 41.7 Å². The van der Waals surface area contributed by atoms with Crippen LogP contribution in [0.15, 0.2) is 48.7 Å². The summed E-state index contributed by atoms with van der Waals surface area (Å²) in [5, 5.41) is 4.11. The summed E-state index contributed by atoms with van der Waals surface area (Å²) in [7, 11) is 0. The summed E-state index contributed by atoms with van der Waals surface area (Å²) in [6, 6.07) is 13.4. The third kappa shape index (κ3) is 5.05. The van der Waals surface area contributed by atoms with Crippen LogP contribution >= 0.6 is 0 Å². The van der Waals surface area contributed by atoms with Crippen molar-refractivity contribution in [3.8, 4) is 0 Å². The molecule has 5 heteroatoms. The summed E-state index contributed by atoms with van der Waals surface area (Å²) in [6.45, 7) is 9.07. The first-order valence-electron chi connectivity index (χ1n) is 11.4. The molecule has 0 saturated carbocycles. The molecule has 0 aliphatic carbocycles. The van der Waals surface area contributed by atoms with Crippen molar-refractivity contribution in [1.82, 2.24) is 9.88 Å². The SMILES string of the molecule is Cc1c(NC(=O)c2ccc(CC(=O)C(C)C)cc2)ccc2cc(CN3CCCC3)cnc12. The lowest BCUT2D eigenvalue weighted by Crippen LogP contribution is -2.18. The minimum absolute atomic E-state index is 0.0127. The molecule has 1 N–H and O–H groups in total. The van der Waals surface area contributed by atoms with Crippen molar-refractivity contribution < 1.29 is 9.59 Å². The van der Waals surface area contributed by atoms with E-state index < -0.39 is 0 Å². The summed E-state index contributed by atoms with van der Waals surface area (Å²) < 4.78 is 0. The molecule has 1 amide bonds. The highest BCUT2D eigenvalue weighted by atomic mass is 16.1. The van der Waals surface area contributed by atoms with Crippen LogP contribution in [-0.2, 0) is 17.8 Å². The second kappa shape index (κ2) is 9.61. The predicted molar refractivity (Wildman–Crippen MR) is 129 cm³/mol. The molecule has 0 radical (unpaired) electrons. The van der Waals surface area contributed by atoms with Crippen LogP contribution in [0.25, 0.3) is 10.9 Å². The highest BCUT2D eigenvalue weighted by Crippen LogP contribution is 2.26. The number of benzene rings is 2. The first-order valence-corrected chi connectivity index (χ1v) is 11.4. The maximum atomic E-state index is 12.8. The molecule has 0 spiro atoms. The molecule has 5 nitrogen and oxygen atoms in total. The van der Waals surface area contributed by atoms with Gasteiger partial charge in [0.05, 0.1) is 5.52 Å². The lowest BCUT2D eigenvalue weighted by molar-refractivity contribution is -0.121. The number of anilines is 1. The van der Waals surface area contributed by atoms with Crippen LogP contribution in [0.2, 0.25) is 0 Å². The number of hydrogen-bond donors (Lipinski definition) is 1. The van der Waals surface area contributed by atoms with E-state index in [4.69, 9.17) is 4.98 Å². The van der Waals surface area contributed by atoms with Crippen LogP contribution in [0.3, 0.4) is 0 Å². The van der Waals surface area contributed by atoms with E-state index in [2.05, 4.69) is 16.3 Å². The molecule has 166 valence electrons. The number of pyridine rings is 1. The molecule has 1 aliphatic heterocycles. The zero-order valence-electron chi connectivity index (χ0n) is 19.1. The molecule has 1 aromatic heterocycles. The Balaban J connectivity index is 1.46. The molecule has 1 aliphatic rings. The fraction of sp³-hybridized carbons (Fsp3) is 0.370. The molecule has 0 bridgehead atoms. The average molecular weight is 430 g/mol. The minimum atomic E-state index is -0.167. The predicted octanol–water partition coefficient (Wildman–Crippen LogP) is 5.16. The largest absolute Gasteiger partial charge is 0.322 e. The van der Waals surface area contributed by atoms with Crippen LogP contribution in [0.1, 0.15) is 53.7 Å². The van der Waals surface area contributed by atoms with Crippen molar-refractivity contribution in [3.05, 3.63) is 70.9 Å². The molecule has 3 aromatic rings. The molecule has 4 rings (SSSR count). The molecular weight excluding hydrogens is 398 g/mol. The second-order valence-corrected chi connectivity index (χ2v) is 9.09. The third-order valence-electron chi connectivity index (χ3n) is 6.25. The molecule has 32 heavy (non-hydrogen) atoms. The number of aryl methyl sites for hydroxylation is 1. The molecule has 1 saturated heterocycles. The Morgan fingerprint density at radius 1 is 1.03 bits per heavy atom. The summed E-state index contributed by atoms with van der Waals surface area (Å²) in [6.07, 6.45) is 4.91. The first-order chi connectivity index (χ1) is 15.4. The van der Waals surface area contributed by atoms with Crippen molar-refractivity contribution in [1.29, 1.82) is 0 Å². The van der Waals surface area contributed by atoms with Gasteiger partial charge in [0.25, 0.3) is 5.91 Å². The number of nitrogens with one attached hydrogen (secondary N) is 1. The molecule has 0 atom stereocenters. The van der Waals surface area contributed by atoms with Gasteiger partial charge < -0.3 is 5.32 Å². The summed E-state index contributed by atoms with van der Waals surface area (Å²) in [5.74, 6) is 0.0451. The Kier molecular flexibility index (Phi) is 6.66. The zero-order chi connectivity index (χ0) is 22.7. The molecule has 2 aromatic carbocycles. The number of Topliss-reactive ketones (excluding diaryl/α,β-unsaturated/α-hetero) is 1. The number of carbonyl (C=O) groups is 2. The van der Waals surface area contributed by atoms with E-state index >= 15 is 0 Å². The van der Waals surface area contributed by atoms with E-state index in [1.54, 1.807) is 12.1 Å². The van der Waals surface area contributed by atoms with Gasteiger partial charge in [-0.2, -0.15) is 0 Å². The number of likely N-dealkylation sites (tertiary alicyclic amines) is 1. The summed E-state index contributed by atoms with van der Waals surface area (Å²) in [5.41, 5.74) is 5.36. The Morgan fingerprint density at radius 2 is 1.75 bits per heavy atom. The van der Waals surface area contributed by atoms with Crippen molar-refractivity contribution in [3.63, 3.8) is 0 Å². The highest BCUT2D eigenvalue weighted by Gasteiger charge is 2.14. The fourth-order valence-electron chi connectivity index (χ4n) is 4.19. The second-order valence-electron chi connectivity index (χ2n) is 9.09. The van der Waals surface area contributed by atoms with E-state index in [0.717, 1.165) is 47.4 Å². The summed E-state index contributed by atoms with van der Waals surface area (Å²) in [4.78, 5) is 31.9. The minimum Gasteiger partial charge on any atom is -0.322 e. The Hall–Kier alpha value is -3.05. The van der Waals surface area contributed by atoms with Gasteiger partial charge in [0.1, 0.15) is 5.78 Å². The van der Waals surface area contributed by atoms with Crippen LogP contribution < -0.4 is 5.32 Å². The van der Waals surface area contributed by atoms with Crippen LogP contribution in [0, 0.1) is 12.8 Å². The van der Waals surface area contributed by atoms with E-state index in [1.165, 1.54) is 18.4 Å². The highest BCUT2D eigenvalue weighted by molar-refractivity contribution is 6.06. The maximum absolute atomic E-state index is 12.8. The van der Waals surface area contributed by atoms with Crippen molar-refractivity contribution in [2.45, 2.75) is 46.6 Å². The van der Waals surface area contributed by atoms with Gasteiger partial charge in [-0.05, 0) is 73.8 Å². The van der Waals surface area contributed by atoms with Crippen LogP contribution in [-0.4, -0.2) is 34.7 Å². The van der Waals surface area contributed by atoms with E-state index in [9.17, 15) is 9.59 Å². The Labute approximate surface area is 189 Å². The number of hydrogen-bond acceptors (Lipinski definition) is 4. The Bertz CT molecular complexity index is 1130. The number of rotatable bonds is 7. The van der Waals surface area contributed by atoms with Crippen molar-refractivity contribution >= 4 is 28.3 Å². The standard InChI is InChI=1S/C27H31N3O2/c1-18(2)25(31)15-20-6-8-22(9-7-20)27(32)29-24-11-10-23-14-21(16-28-26(23)19(24)3)17-30-12-4-5-13-30/h6-11,14,16,18H,4-5,12-13,15,17H2,1-3H3,(H,29,32). The molecule has 0 unspecified atom stereocenters.